The predicted molar refractivity (Wildman–Crippen MR) is 109 cm³/mol. The third kappa shape index (κ3) is 4.14. The maximum Gasteiger partial charge on any atom is 0.243 e. The number of sulfonamides is 1. The van der Waals surface area contributed by atoms with Crippen LogP contribution in [0, 0.1) is 0 Å². The molecule has 1 N–H and O–H groups in total. The van der Waals surface area contributed by atoms with Crippen molar-refractivity contribution in [2.24, 2.45) is 0 Å². The molecule has 0 bridgehead atoms. The van der Waals surface area contributed by atoms with E-state index in [9.17, 15) is 8.42 Å². The van der Waals surface area contributed by atoms with Crippen LogP contribution in [0.5, 0.6) is 0 Å². The lowest BCUT2D eigenvalue weighted by atomic mass is 10.0. The molecule has 5 nitrogen and oxygen atoms in total. The summed E-state index contributed by atoms with van der Waals surface area (Å²) in [6.45, 7) is 2.39. The second kappa shape index (κ2) is 8.22. The summed E-state index contributed by atoms with van der Waals surface area (Å²) in [4.78, 5) is 4.36. The van der Waals surface area contributed by atoms with Gasteiger partial charge in [-0.3, -0.25) is 4.98 Å². The summed E-state index contributed by atoms with van der Waals surface area (Å²) in [6, 6.07) is 19.2. The van der Waals surface area contributed by atoms with E-state index in [2.05, 4.69) is 16.4 Å². The first-order chi connectivity index (χ1) is 13.6. The van der Waals surface area contributed by atoms with Crippen molar-refractivity contribution in [3.63, 3.8) is 0 Å². The molecule has 0 saturated carbocycles. The van der Waals surface area contributed by atoms with E-state index in [-0.39, 0.29) is 0 Å². The molecule has 6 heteroatoms. The highest BCUT2D eigenvalue weighted by Gasteiger charge is 2.27. The van der Waals surface area contributed by atoms with Crippen LogP contribution in [0.15, 0.2) is 78.0 Å². The SMILES string of the molecule is O=S(=O)(c1ccc(CNCc2ccncc2)cc1)N1CCc2ccccc2C1. The number of nitrogens with one attached hydrogen (secondary N) is 1. The highest BCUT2D eigenvalue weighted by Crippen LogP contribution is 2.25. The van der Waals surface area contributed by atoms with Gasteiger partial charge in [-0.15, -0.1) is 0 Å². The summed E-state index contributed by atoms with van der Waals surface area (Å²) >= 11 is 0. The molecule has 1 aliphatic rings. The van der Waals surface area contributed by atoms with Crippen LogP contribution in [-0.4, -0.2) is 24.3 Å². The molecule has 2 heterocycles. The summed E-state index contributed by atoms with van der Waals surface area (Å²) in [7, 11) is -3.48. The van der Waals surface area contributed by atoms with Crippen molar-refractivity contribution in [2.75, 3.05) is 6.54 Å². The molecule has 0 spiro atoms. The monoisotopic (exact) mass is 393 g/mol. The average molecular weight is 394 g/mol. The van der Waals surface area contributed by atoms with Crippen LogP contribution in [0.4, 0.5) is 0 Å². The Labute approximate surface area is 166 Å². The van der Waals surface area contributed by atoms with Crippen LogP contribution in [0.25, 0.3) is 0 Å². The minimum atomic E-state index is -3.48. The summed E-state index contributed by atoms with van der Waals surface area (Å²) in [5, 5.41) is 3.36. The fraction of sp³-hybridized carbons (Fsp3) is 0.227. The number of fused-ring (bicyclic) bond motifs is 1. The van der Waals surface area contributed by atoms with E-state index in [0.29, 0.717) is 24.5 Å². The first kappa shape index (κ1) is 18.8. The maximum absolute atomic E-state index is 13.0. The zero-order chi connectivity index (χ0) is 19.4. The summed E-state index contributed by atoms with van der Waals surface area (Å²) in [5.74, 6) is 0. The Hall–Kier alpha value is -2.54. The van der Waals surface area contributed by atoms with Gasteiger partial charge in [0.2, 0.25) is 10.0 Å². The average Bonchev–Trinajstić information content (AvgIpc) is 2.74. The number of nitrogens with zero attached hydrogens (tertiary/aromatic N) is 2. The Morgan fingerprint density at radius 2 is 1.50 bits per heavy atom. The molecule has 3 aromatic rings. The van der Waals surface area contributed by atoms with Crippen LogP contribution in [0.1, 0.15) is 22.3 Å². The summed E-state index contributed by atoms with van der Waals surface area (Å²) in [5.41, 5.74) is 4.55. The topological polar surface area (TPSA) is 62.3 Å². The van der Waals surface area contributed by atoms with Gasteiger partial charge < -0.3 is 5.32 Å². The van der Waals surface area contributed by atoms with Gasteiger partial charge in [-0.25, -0.2) is 8.42 Å². The molecule has 144 valence electrons. The molecule has 2 aromatic carbocycles. The lowest BCUT2D eigenvalue weighted by Gasteiger charge is -2.28. The number of hydrogen-bond acceptors (Lipinski definition) is 4. The predicted octanol–water partition coefficient (Wildman–Crippen LogP) is 3.12. The molecule has 0 amide bonds. The molecule has 0 aliphatic carbocycles. The lowest BCUT2D eigenvalue weighted by molar-refractivity contribution is 0.391. The summed E-state index contributed by atoms with van der Waals surface area (Å²) < 4.78 is 27.6. The highest BCUT2D eigenvalue weighted by atomic mass is 32.2. The highest BCUT2D eigenvalue weighted by molar-refractivity contribution is 7.89. The summed E-state index contributed by atoms with van der Waals surface area (Å²) in [6.07, 6.45) is 4.30. The van der Waals surface area contributed by atoms with Gasteiger partial charge >= 0.3 is 0 Å². The third-order valence-corrected chi connectivity index (χ3v) is 6.92. The zero-order valence-corrected chi connectivity index (χ0v) is 16.4. The van der Waals surface area contributed by atoms with Gasteiger partial charge in [0.15, 0.2) is 0 Å². The second-order valence-corrected chi connectivity index (χ2v) is 8.90. The molecule has 4 rings (SSSR count). The molecule has 0 saturated heterocycles. The minimum absolute atomic E-state index is 0.352. The Balaban J connectivity index is 1.40. The first-order valence-electron chi connectivity index (χ1n) is 9.38. The van der Waals surface area contributed by atoms with Crippen LogP contribution in [0.2, 0.25) is 0 Å². The fourth-order valence-electron chi connectivity index (χ4n) is 3.46. The second-order valence-electron chi connectivity index (χ2n) is 6.96. The van der Waals surface area contributed by atoms with Gasteiger partial charge in [0.05, 0.1) is 4.90 Å². The number of aromatic nitrogens is 1. The van der Waals surface area contributed by atoms with Crippen LogP contribution in [-0.2, 0) is 36.1 Å². The Morgan fingerprint density at radius 3 is 2.21 bits per heavy atom. The molecular weight excluding hydrogens is 370 g/mol. The van der Waals surface area contributed by atoms with Crippen molar-refractivity contribution in [2.45, 2.75) is 31.0 Å². The van der Waals surface area contributed by atoms with Crippen molar-refractivity contribution in [3.05, 3.63) is 95.3 Å². The number of rotatable bonds is 6. The van der Waals surface area contributed by atoms with Gasteiger partial charge in [-0.2, -0.15) is 4.31 Å². The molecule has 0 atom stereocenters. The van der Waals surface area contributed by atoms with Gasteiger partial charge in [-0.05, 0) is 52.9 Å². The zero-order valence-electron chi connectivity index (χ0n) is 15.6. The lowest BCUT2D eigenvalue weighted by Crippen LogP contribution is -2.35. The molecule has 1 aromatic heterocycles. The number of hydrogen-bond donors (Lipinski definition) is 1. The van der Waals surface area contributed by atoms with Crippen molar-refractivity contribution >= 4 is 10.0 Å². The van der Waals surface area contributed by atoms with E-state index < -0.39 is 10.0 Å². The Kier molecular flexibility index (Phi) is 5.52. The number of pyridine rings is 1. The van der Waals surface area contributed by atoms with E-state index in [1.54, 1.807) is 28.8 Å². The molecule has 0 fully saturated rings. The Morgan fingerprint density at radius 1 is 0.857 bits per heavy atom. The van der Waals surface area contributed by atoms with Crippen molar-refractivity contribution < 1.29 is 8.42 Å². The van der Waals surface area contributed by atoms with E-state index in [1.807, 2.05) is 42.5 Å². The maximum atomic E-state index is 13.0. The van der Waals surface area contributed by atoms with Crippen molar-refractivity contribution in [1.82, 2.24) is 14.6 Å². The van der Waals surface area contributed by atoms with Crippen LogP contribution < -0.4 is 5.32 Å². The largest absolute Gasteiger partial charge is 0.309 e. The van der Waals surface area contributed by atoms with E-state index in [1.165, 1.54) is 11.1 Å². The number of benzene rings is 2. The molecule has 1 aliphatic heterocycles. The van der Waals surface area contributed by atoms with Gasteiger partial charge in [0.25, 0.3) is 0 Å². The smallest absolute Gasteiger partial charge is 0.243 e. The third-order valence-electron chi connectivity index (χ3n) is 5.06. The van der Waals surface area contributed by atoms with Gasteiger partial charge in [-0.1, -0.05) is 36.4 Å². The fourth-order valence-corrected chi connectivity index (χ4v) is 4.87. The van der Waals surface area contributed by atoms with Crippen LogP contribution >= 0.6 is 0 Å². The van der Waals surface area contributed by atoms with Gasteiger partial charge in [0, 0.05) is 38.6 Å². The first-order valence-corrected chi connectivity index (χ1v) is 10.8. The minimum Gasteiger partial charge on any atom is -0.309 e. The van der Waals surface area contributed by atoms with Crippen LogP contribution in [0.3, 0.4) is 0 Å². The van der Waals surface area contributed by atoms with Gasteiger partial charge in [0.1, 0.15) is 0 Å². The standard InChI is InChI=1S/C22H23N3O2S/c26-28(27,25-14-11-20-3-1-2-4-21(20)17-25)22-7-5-18(6-8-22)15-24-16-19-9-12-23-13-10-19/h1-10,12-13,24H,11,14-17H2. The quantitative estimate of drug-likeness (QED) is 0.699. The Bertz CT molecular complexity index is 1030. The molecule has 28 heavy (non-hydrogen) atoms. The van der Waals surface area contributed by atoms with Crippen molar-refractivity contribution in [3.8, 4) is 0 Å². The molecular formula is C22H23N3O2S. The normalized spacial score (nSPS) is 14.6. The van der Waals surface area contributed by atoms with E-state index in [0.717, 1.165) is 24.1 Å². The van der Waals surface area contributed by atoms with E-state index in [4.69, 9.17) is 0 Å². The molecule has 0 radical (unpaired) electrons. The molecule has 0 unspecified atom stereocenters. The van der Waals surface area contributed by atoms with E-state index >= 15 is 0 Å². The van der Waals surface area contributed by atoms with Crippen molar-refractivity contribution in [1.29, 1.82) is 0 Å².